The summed E-state index contributed by atoms with van der Waals surface area (Å²) in [7, 11) is 0. The zero-order valence-corrected chi connectivity index (χ0v) is 19.6. The Hall–Kier alpha value is -2.77. The average molecular weight is 458 g/mol. The fourth-order valence-corrected chi connectivity index (χ4v) is 3.82. The molecule has 178 valence electrons. The smallest absolute Gasteiger partial charge is 0.227 e. The second kappa shape index (κ2) is 11.9. The Morgan fingerprint density at radius 1 is 1.06 bits per heavy atom. The summed E-state index contributed by atoms with van der Waals surface area (Å²) in [6.45, 7) is 7.90. The number of hydrogen-bond acceptors (Lipinski definition) is 4. The van der Waals surface area contributed by atoms with Crippen molar-refractivity contribution in [3.05, 3.63) is 71.4 Å². The van der Waals surface area contributed by atoms with Crippen LogP contribution in [0.1, 0.15) is 50.8 Å². The summed E-state index contributed by atoms with van der Waals surface area (Å²) < 4.78 is 35.6. The molecule has 0 amide bonds. The highest BCUT2D eigenvalue weighted by Gasteiger charge is 2.23. The molecule has 33 heavy (non-hydrogen) atoms. The van der Waals surface area contributed by atoms with Gasteiger partial charge in [-0.05, 0) is 62.7 Å². The Bertz CT molecular complexity index is 1020. The first-order chi connectivity index (χ1) is 15.9. The predicted molar refractivity (Wildman–Crippen MR) is 126 cm³/mol. The number of benzene rings is 2. The highest BCUT2D eigenvalue weighted by Crippen LogP contribution is 2.33. The Morgan fingerprint density at radius 3 is 2.45 bits per heavy atom. The van der Waals surface area contributed by atoms with Gasteiger partial charge in [-0.2, -0.15) is 5.10 Å². The van der Waals surface area contributed by atoms with Crippen LogP contribution < -0.4 is 4.74 Å². The van der Waals surface area contributed by atoms with Crippen molar-refractivity contribution < 1.29 is 18.6 Å². The molecule has 1 N–H and O–H groups in total. The molecule has 3 aromatic rings. The molecule has 3 rings (SSSR count). The van der Waals surface area contributed by atoms with Crippen molar-refractivity contribution in [2.75, 3.05) is 13.1 Å². The zero-order chi connectivity index (χ0) is 23.8. The first-order valence-electron chi connectivity index (χ1n) is 11.6. The number of halogens is 2. The van der Waals surface area contributed by atoms with Gasteiger partial charge in [0.05, 0.1) is 23.0 Å². The lowest BCUT2D eigenvalue weighted by Gasteiger charge is -2.25. The van der Waals surface area contributed by atoms with Crippen LogP contribution in [0.4, 0.5) is 8.78 Å². The van der Waals surface area contributed by atoms with Crippen molar-refractivity contribution >= 4 is 0 Å². The van der Waals surface area contributed by atoms with E-state index in [0.29, 0.717) is 24.7 Å². The molecule has 5 nitrogen and oxygen atoms in total. The second-order valence-electron chi connectivity index (χ2n) is 8.32. The van der Waals surface area contributed by atoms with Crippen LogP contribution in [0, 0.1) is 18.6 Å². The van der Waals surface area contributed by atoms with Crippen molar-refractivity contribution in [2.24, 2.45) is 0 Å². The minimum atomic E-state index is -0.478. The molecule has 7 heteroatoms. The standard InChI is InChI=1S/C26H33F2N3O2/c1-4-6-9-22(32)17-30(16-5-2)18-23-19(3)29-31(21-14-12-20(27)13-15-21)26(23)33-25-11-8-7-10-24(25)28/h7-8,10-15,22,32H,4-6,9,16-18H2,1-3H3/t22-/m1/s1. The first kappa shape index (κ1) is 24.9. The molecular weight excluding hydrogens is 424 g/mol. The fraction of sp³-hybridized carbons (Fsp3) is 0.423. The van der Waals surface area contributed by atoms with E-state index in [4.69, 9.17) is 4.74 Å². The summed E-state index contributed by atoms with van der Waals surface area (Å²) in [5.41, 5.74) is 2.15. The van der Waals surface area contributed by atoms with E-state index in [-0.39, 0.29) is 11.6 Å². The average Bonchev–Trinajstić information content (AvgIpc) is 3.09. The van der Waals surface area contributed by atoms with Crippen molar-refractivity contribution in [2.45, 2.75) is 59.1 Å². The number of aliphatic hydroxyl groups is 1. The summed E-state index contributed by atoms with van der Waals surface area (Å²) in [5.74, 6) is -0.358. The van der Waals surface area contributed by atoms with Crippen LogP contribution in [0.2, 0.25) is 0 Å². The van der Waals surface area contributed by atoms with Crippen LogP contribution in [0.5, 0.6) is 11.6 Å². The molecule has 2 aromatic carbocycles. The van der Waals surface area contributed by atoms with E-state index in [2.05, 4.69) is 23.8 Å². The number of aromatic nitrogens is 2. The van der Waals surface area contributed by atoms with Crippen LogP contribution in [0.15, 0.2) is 48.5 Å². The van der Waals surface area contributed by atoms with E-state index in [1.54, 1.807) is 35.0 Å². The maximum Gasteiger partial charge on any atom is 0.227 e. The van der Waals surface area contributed by atoms with Crippen LogP contribution >= 0.6 is 0 Å². The summed E-state index contributed by atoms with van der Waals surface area (Å²) in [6.07, 6.45) is 3.28. The quantitative estimate of drug-likeness (QED) is 0.362. The van der Waals surface area contributed by atoms with E-state index in [1.807, 2.05) is 6.92 Å². The van der Waals surface area contributed by atoms with Gasteiger partial charge < -0.3 is 9.84 Å². The lowest BCUT2D eigenvalue weighted by atomic mass is 10.1. The Labute approximate surface area is 194 Å². The van der Waals surface area contributed by atoms with E-state index in [1.165, 1.54) is 18.2 Å². The largest absolute Gasteiger partial charge is 0.435 e. The first-order valence-corrected chi connectivity index (χ1v) is 11.6. The van der Waals surface area contributed by atoms with Crippen LogP contribution in [0.25, 0.3) is 5.69 Å². The molecule has 0 radical (unpaired) electrons. The number of aryl methyl sites for hydroxylation is 1. The van der Waals surface area contributed by atoms with Crippen molar-refractivity contribution in [3.63, 3.8) is 0 Å². The maximum absolute atomic E-state index is 14.4. The number of ether oxygens (including phenoxy) is 1. The monoisotopic (exact) mass is 457 g/mol. The number of aliphatic hydroxyl groups excluding tert-OH is 1. The topological polar surface area (TPSA) is 50.5 Å². The molecule has 0 fully saturated rings. The summed E-state index contributed by atoms with van der Waals surface area (Å²) in [4.78, 5) is 2.17. The number of para-hydroxylation sites is 1. The van der Waals surface area contributed by atoms with Gasteiger partial charge in [0.25, 0.3) is 0 Å². The molecule has 0 unspecified atom stereocenters. The zero-order valence-electron chi connectivity index (χ0n) is 19.6. The van der Waals surface area contributed by atoms with Gasteiger partial charge in [-0.15, -0.1) is 0 Å². The minimum absolute atomic E-state index is 0.0898. The van der Waals surface area contributed by atoms with Crippen molar-refractivity contribution in [3.8, 4) is 17.3 Å². The number of unbranched alkanes of at least 4 members (excludes halogenated alkanes) is 1. The molecule has 0 bridgehead atoms. The van der Waals surface area contributed by atoms with Crippen LogP contribution in [0.3, 0.4) is 0 Å². The number of rotatable bonds is 12. The molecule has 0 saturated carbocycles. The van der Waals surface area contributed by atoms with Gasteiger partial charge in [-0.1, -0.05) is 38.8 Å². The molecule has 0 aliphatic carbocycles. The Morgan fingerprint density at radius 2 is 1.79 bits per heavy atom. The normalized spacial score (nSPS) is 12.3. The van der Waals surface area contributed by atoms with Gasteiger partial charge in [0, 0.05) is 13.1 Å². The van der Waals surface area contributed by atoms with E-state index in [0.717, 1.165) is 43.5 Å². The fourth-order valence-electron chi connectivity index (χ4n) is 3.82. The third kappa shape index (κ3) is 6.62. The van der Waals surface area contributed by atoms with Crippen molar-refractivity contribution in [1.82, 2.24) is 14.7 Å². The minimum Gasteiger partial charge on any atom is -0.435 e. The predicted octanol–water partition coefficient (Wildman–Crippen LogP) is 6.01. The van der Waals surface area contributed by atoms with Gasteiger partial charge in [-0.25, -0.2) is 13.5 Å². The molecule has 0 aliphatic heterocycles. The highest BCUT2D eigenvalue weighted by atomic mass is 19.1. The Balaban J connectivity index is 1.98. The van der Waals surface area contributed by atoms with Gasteiger partial charge >= 0.3 is 0 Å². The summed E-state index contributed by atoms with van der Waals surface area (Å²) in [5, 5.41) is 15.1. The van der Waals surface area contributed by atoms with E-state index < -0.39 is 11.9 Å². The molecule has 0 saturated heterocycles. The molecule has 0 spiro atoms. The van der Waals surface area contributed by atoms with Crippen molar-refractivity contribution in [1.29, 1.82) is 0 Å². The SMILES string of the molecule is CCCC[C@@H](O)CN(CCC)Cc1c(C)nn(-c2ccc(F)cc2)c1Oc1ccccc1F. The van der Waals surface area contributed by atoms with Gasteiger partial charge in [0.2, 0.25) is 5.88 Å². The summed E-state index contributed by atoms with van der Waals surface area (Å²) >= 11 is 0. The maximum atomic E-state index is 14.4. The van der Waals surface area contributed by atoms with E-state index in [9.17, 15) is 13.9 Å². The lowest BCUT2D eigenvalue weighted by Crippen LogP contribution is -2.33. The molecular formula is C26H33F2N3O2. The summed E-state index contributed by atoms with van der Waals surface area (Å²) in [6, 6.07) is 12.1. The second-order valence-corrected chi connectivity index (χ2v) is 8.32. The highest BCUT2D eigenvalue weighted by molar-refractivity contribution is 5.43. The molecule has 1 atom stereocenters. The number of hydrogen-bond donors (Lipinski definition) is 1. The van der Waals surface area contributed by atoms with Gasteiger partial charge in [-0.3, -0.25) is 4.90 Å². The molecule has 1 aromatic heterocycles. The van der Waals surface area contributed by atoms with Crippen LogP contribution in [-0.2, 0) is 6.54 Å². The van der Waals surface area contributed by atoms with Gasteiger partial charge in [0.1, 0.15) is 5.82 Å². The van der Waals surface area contributed by atoms with E-state index >= 15 is 0 Å². The molecule has 1 heterocycles. The molecule has 0 aliphatic rings. The van der Waals surface area contributed by atoms with Crippen LogP contribution in [-0.4, -0.2) is 39.0 Å². The third-order valence-corrected chi connectivity index (χ3v) is 5.53. The van der Waals surface area contributed by atoms with Gasteiger partial charge in [0.15, 0.2) is 11.6 Å². The lowest BCUT2D eigenvalue weighted by molar-refractivity contribution is 0.0990. The Kier molecular flexibility index (Phi) is 8.97. The number of nitrogens with zero attached hydrogens (tertiary/aromatic N) is 3. The third-order valence-electron chi connectivity index (χ3n) is 5.53.